The highest BCUT2D eigenvalue weighted by atomic mass is 35.5. The van der Waals surface area contributed by atoms with Gasteiger partial charge < -0.3 is 4.42 Å². The Kier molecular flexibility index (Phi) is 5.76. The van der Waals surface area contributed by atoms with Crippen molar-refractivity contribution in [3.63, 3.8) is 0 Å². The average Bonchev–Trinajstić information content (AvgIpc) is 3.18. The Morgan fingerprint density at radius 1 is 1.04 bits per heavy atom. The second kappa shape index (κ2) is 8.43. The van der Waals surface area contributed by atoms with Gasteiger partial charge >= 0.3 is 0 Å². The Labute approximate surface area is 170 Å². The van der Waals surface area contributed by atoms with Gasteiger partial charge in [-0.25, -0.2) is 0 Å². The van der Waals surface area contributed by atoms with Crippen LogP contribution < -0.4 is 0 Å². The summed E-state index contributed by atoms with van der Waals surface area (Å²) in [5.41, 5.74) is 3.41. The van der Waals surface area contributed by atoms with Gasteiger partial charge in [0.1, 0.15) is 0 Å². The minimum Gasteiger partial charge on any atom is -0.419 e. The predicted molar refractivity (Wildman–Crippen MR) is 111 cm³/mol. The maximum absolute atomic E-state index is 6.10. The van der Waals surface area contributed by atoms with Crippen molar-refractivity contribution >= 4 is 11.6 Å². The first kappa shape index (κ1) is 19.1. The number of piperazine rings is 1. The van der Waals surface area contributed by atoms with Crippen LogP contribution in [0.15, 0.2) is 52.9 Å². The monoisotopic (exact) mass is 396 g/mol. The van der Waals surface area contributed by atoms with E-state index in [4.69, 9.17) is 16.0 Å². The first-order valence-corrected chi connectivity index (χ1v) is 10.1. The molecule has 0 aliphatic carbocycles. The Balaban J connectivity index is 1.36. The summed E-state index contributed by atoms with van der Waals surface area (Å²) in [6.07, 6.45) is 0. The highest BCUT2D eigenvalue weighted by Crippen LogP contribution is 2.25. The van der Waals surface area contributed by atoms with Crippen LogP contribution in [0.5, 0.6) is 0 Å². The summed E-state index contributed by atoms with van der Waals surface area (Å²) in [6.45, 7) is 9.10. The lowest BCUT2D eigenvalue weighted by Gasteiger charge is -2.36. The van der Waals surface area contributed by atoms with Gasteiger partial charge in [-0.15, -0.1) is 10.2 Å². The van der Waals surface area contributed by atoms with Crippen molar-refractivity contribution in [1.82, 2.24) is 20.0 Å². The Hall–Kier alpha value is -2.21. The molecule has 28 heavy (non-hydrogen) atoms. The zero-order valence-electron chi connectivity index (χ0n) is 16.3. The van der Waals surface area contributed by atoms with Crippen molar-refractivity contribution in [3.05, 3.63) is 70.6 Å². The highest BCUT2D eigenvalue weighted by Gasteiger charge is 2.25. The molecule has 2 aromatic carbocycles. The summed E-state index contributed by atoms with van der Waals surface area (Å²) in [5, 5.41) is 9.36. The molecule has 1 aliphatic rings. The first-order chi connectivity index (χ1) is 13.6. The van der Waals surface area contributed by atoms with E-state index in [1.165, 1.54) is 11.1 Å². The van der Waals surface area contributed by atoms with Gasteiger partial charge in [0, 0.05) is 43.3 Å². The van der Waals surface area contributed by atoms with Crippen molar-refractivity contribution in [3.8, 4) is 11.5 Å². The molecule has 3 aromatic rings. The van der Waals surface area contributed by atoms with Crippen molar-refractivity contribution in [2.75, 3.05) is 26.2 Å². The molecule has 1 saturated heterocycles. The largest absolute Gasteiger partial charge is 0.419 e. The molecule has 2 heterocycles. The fourth-order valence-corrected chi connectivity index (χ4v) is 3.87. The fraction of sp³-hybridized carbons (Fsp3) is 0.364. The van der Waals surface area contributed by atoms with Gasteiger partial charge in [-0.05, 0) is 43.7 Å². The third-order valence-corrected chi connectivity index (χ3v) is 5.55. The molecule has 1 atom stereocenters. The van der Waals surface area contributed by atoms with Crippen LogP contribution in [-0.4, -0.2) is 46.2 Å². The molecule has 0 N–H and O–H groups in total. The molecule has 0 spiro atoms. The zero-order valence-corrected chi connectivity index (χ0v) is 17.1. The maximum atomic E-state index is 6.10. The van der Waals surface area contributed by atoms with Gasteiger partial charge in [0.25, 0.3) is 0 Å². The van der Waals surface area contributed by atoms with Gasteiger partial charge in [0.15, 0.2) is 0 Å². The number of rotatable bonds is 5. The van der Waals surface area contributed by atoms with E-state index >= 15 is 0 Å². The number of nitrogens with zero attached hydrogens (tertiary/aromatic N) is 4. The predicted octanol–water partition coefficient (Wildman–Crippen LogP) is 4.58. The number of aromatic nitrogens is 2. The molecule has 1 fully saturated rings. The normalized spacial score (nSPS) is 17.0. The maximum Gasteiger partial charge on any atom is 0.247 e. The Morgan fingerprint density at radius 2 is 1.82 bits per heavy atom. The van der Waals surface area contributed by atoms with Crippen LogP contribution in [-0.2, 0) is 6.54 Å². The lowest BCUT2D eigenvalue weighted by atomic mass is 10.1. The average molecular weight is 397 g/mol. The molecule has 6 heteroatoms. The molecule has 4 rings (SSSR count). The van der Waals surface area contributed by atoms with Crippen LogP contribution in [0.3, 0.4) is 0 Å². The summed E-state index contributed by atoms with van der Waals surface area (Å²) < 4.78 is 5.98. The van der Waals surface area contributed by atoms with Crippen LogP contribution in [0.4, 0.5) is 0 Å². The number of halogens is 1. The SMILES string of the molecule is Cc1cccc(-c2nnc([C@H](C)N3CCN(Cc4cccc(Cl)c4)CC3)o2)c1. The molecule has 1 aliphatic heterocycles. The van der Waals surface area contributed by atoms with Crippen LogP contribution in [0.2, 0.25) is 5.02 Å². The minimum absolute atomic E-state index is 0.111. The minimum atomic E-state index is 0.111. The standard InChI is InChI=1S/C22H25ClN4O/c1-16-5-3-7-19(13-16)22-25-24-21(28-22)17(2)27-11-9-26(10-12-27)15-18-6-4-8-20(23)14-18/h3-8,13-14,17H,9-12,15H2,1-2H3/t17-/m0/s1. The van der Waals surface area contributed by atoms with Crippen LogP contribution in [0.25, 0.3) is 11.5 Å². The van der Waals surface area contributed by atoms with Crippen molar-refractivity contribution in [2.45, 2.75) is 26.4 Å². The van der Waals surface area contributed by atoms with E-state index in [1.54, 1.807) is 0 Å². The quantitative estimate of drug-likeness (QED) is 0.631. The van der Waals surface area contributed by atoms with Crippen LogP contribution >= 0.6 is 11.6 Å². The van der Waals surface area contributed by atoms with E-state index in [-0.39, 0.29) is 6.04 Å². The summed E-state index contributed by atoms with van der Waals surface area (Å²) in [6, 6.07) is 16.4. The lowest BCUT2D eigenvalue weighted by Crippen LogP contribution is -2.46. The second-order valence-corrected chi connectivity index (χ2v) is 7.87. The summed E-state index contributed by atoms with van der Waals surface area (Å²) in [4.78, 5) is 4.86. The topological polar surface area (TPSA) is 45.4 Å². The third kappa shape index (κ3) is 4.43. The molecule has 0 bridgehead atoms. The molecular weight excluding hydrogens is 372 g/mol. The van der Waals surface area contributed by atoms with E-state index in [9.17, 15) is 0 Å². The number of hydrogen-bond donors (Lipinski definition) is 0. The molecular formula is C22H25ClN4O. The van der Waals surface area contributed by atoms with Crippen molar-refractivity contribution in [1.29, 1.82) is 0 Å². The van der Waals surface area contributed by atoms with Crippen molar-refractivity contribution in [2.24, 2.45) is 0 Å². The highest BCUT2D eigenvalue weighted by molar-refractivity contribution is 6.30. The fourth-order valence-electron chi connectivity index (χ4n) is 3.66. The van der Waals surface area contributed by atoms with Crippen LogP contribution in [0, 0.1) is 6.92 Å². The van der Waals surface area contributed by atoms with Gasteiger partial charge in [-0.2, -0.15) is 0 Å². The van der Waals surface area contributed by atoms with Crippen LogP contribution in [0.1, 0.15) is 30.0 Å². The first-order valence-electron chi connectivity index (χ1n) is 9.70. The van der Waals surface area contributed by atoms with Gasteiger partial charge in [0.05, 0.1) is 6.04 Å². The van der Waals surface area contributed by atoms with E-state index in [0.717, 1.165) is 43.3 Å². The second-order valence-electron chi connectivity index (χ2n) is 7.43. The summed E-state index contributed by atoms with van der Waals surface area (Å²) in [7, 11) is 0. The zero-order chi connectivity index (χ0) is 19.5. The van der Waals surface area contributed by atoms with E-state index in [2.05, 4.69) is 52.0 Å². The molecule has 1 aromatic heterocycles. The van der Waals surface area contributed by atoms with E-state index in [0.29, 0.717) is 11.8 Å². The molecule has 0 radical (unpaired) electrons. The van der Waals surface area contributed by atoms with E-state index in [1.807, 2.05) is 30.3 Å². The molecule has 146 valence electrons. The van der Waals surface area contributed by atoms with Gasteiger partial charge in [-0.1, -0.05) is 41.4 Å². The summed E-state index contributed by atoms with van der Waals surface area (Å²) in [5.74, 6) is 1.27. The number of aryl methyl sites for hydroxylation is 1. The number of benzene rings is 2. The Morgan fingerprint density at radius 3 is 2.57 bits per heavy atom. The van der Waals surface area contributed by atoms with Gasteiger partial charge in [-0.3, -0.25) is 9.80 Å². The van der Waals surface area contributed by atoms with Gasteiger partial charge in [0.2, 0.25) is 11.8 Å². The molecule has 0 unspecified atom stereocenters. The van der Waals surface area contributed by atoms with Crippen molar-refractivity contribution < 1.29 is 4.42 Å². The molecule has 0 saturated carbocycles. The number of hydrogen-bond acceptors (Lipinski definition) is 5. The lowest BCUT2D eigenvalue weighted by molar-refractivity contribution is 0.0876. The molecule has 5 nitrogen and oxygen atoms in total. The molecule has 0 amide bonds. The Bertz CT molecular complexity index is 934. The van der Waals surface area contributed by atoms with E-state index < -0.39 is 0 Å². The third-order valence-electron chi connectivity index (χ3n) is 5.31. The smallest absolute Gasteiger partial charge is 0.247 e. The summed E-state index contributed by atoms with van der Waals surface area (Å²) >= 11 is 6.10.